The van der Waals surface area contributed by atoms with Gasteiger partial charge >= 0.3 is 0 Å². The van der Waals surface area contributed by atoms with Crippen LogP contribution in [0, 0.1) is 17.1 Å². The van der Waals surface area contributed by atoms with E-state index in [9.17, 15) is 4.39 Å². The highest BCUT2D eigenvalue weighted by atomic mass is 19.1. The molecule has 1 heterocycles. The molecular formula is C22H23FN4O. The molecule has 2 aromatic carbocycles. The van der Waals surface area contributed by atoms with Gasteiger partial charge in [-0.15, -0.1) is 0 Å². The van der Waals surface area contributed by atoms with Gasteiger partial charge in [0.05, 0.1) is 17.3 Å². The summed E-state index contributed by atoms with van der Waals surface area (Å²) in [6, 6.07) is 17.6. The fourth-order valence-corrected chi connectivity index (χ4v) is 2.85. The normalized spacial score (nSPS) is 10.8. The van der Waals surface area contributed by atoms with Crippen molar-refractivity contribution in [3.63, 3.8) is 0 Å². The summed E-state index contributed by atoms with van der Waals surface area (Å²) in [4.78, 5) is 2.22. The van der Waals surface area contributed by atoms with Crippen molar-refractivity contribution in [2.24, 2.45) is 0 Å². The van der Waals surface area contributed by atoms with Crippen molar-refractivity contribution < 1.29 is 9.13 Å². The molecule has 0 aliphatic carbocycles. The van der Waals surface area contributed by atoms with Gasteiger partial charge < -0.3 is 9.64 Å². The number of aromatic nitrogens is 2. The lowest BCUT2D eigenvalue weighted by Crippen LogP contribution is -2.25. The predicted molar refractivity (Wildman–Crippen MR) is 106 cm³/mol. The number of halogens is 1. The number of nitrogens with zero attached hydrogens (tertiary/aromatic N) is 3. The molecule has 0 aliphatic rings. The SMILES string of the molecule is CN(CCCc1cc(-c2ccc(F)cc2)n[nH]1)CCOc1ccc(C#N)cc1. The van der Waals surface area contributed by atoms with E-state index in [0.29, 0.717) is 12.2 Å². The van der Waals surface area contributed by atoms with Crippen LogP contribution in [0.2, 0.25) is 0 Å². The monoisotopic (exact) mass is 378 g/mol. The number of nitrogens with one attached hydrogen (secondary N) is 1. The van der Waals surface area contributed by atoms with Crippen molar-refractivity contribution >= 4 is 0 Å². The van der Waals surface area contributed by atoms with Crippen LogP contribution in [0.25, 0.3) is 11.3 Å². The Kier molecular flexibility index (Phi) is 6.77. The van der Waals surface area contributed by atoms with Crippen LogP contribution < -0.4 is 4.74 Å². The van der Waals surface area contributed by atoms with Gasteiger partial charge in [-0.2, -0.15) is 10.4 Å². The summed E-state index contributed by atoms with van der Waals surface area (Å²) < 4.78 is 18.7. The third kappa shape index (κ3) is 5.66. The van der Waals surface area contributed by atoms with Crippen molar-refractivity contribution in [3.8, 4) is 23.1 Å². The third-order valence-corrected chi connectivity index (χ3v) is 4.48. The zero-order valence-electron chi connectivity index (χ0n) is 15.9. The van der Waals surface area contributed by atoms with E-state index in [1.54, 1.807) is 24.3 Å². The maximum atomic E-state index is 13.0. The van der Waals surface area contributed by atoms with Gasteiger partial charge in [-0.05, 0) is 81.0 Å². The number of aryl methyl sites for hydroxylation is 1. The van der Waals surface area contributed by atoms with Crippen LogP contribution in [0.3, 0.4) is 0 Å². The van der Waals surface area contributed by atoms with Crippen molar-refractivity contribution in [1.29, 1.82) is 5.26 Å². The molecule has 0 saturated heterocycles. The second-order valence-corrected chi connectivity index (χ2v) is 6.68. The van der Waals surface area contributed by atoms with E-state index in [2.05, 4.69) is 28.2 Å². The number of likely N-dealkylation sites (N-methyl/N-ethyl adjacent to an activating group) is 1. The van der Waals surface area contributed by atoms with E-state index in [1.165, 1.54) is 12.1 Å². The highest BCUT2D eigenvalue weighted by molar-refractivity contribution is 5.58. The standard InChI is InChI=1S/C22H23FN4O/c1-27(13-14-28-21-10-4-17(16-24)5-11-21)12-2-3-20-15-22(26-25-20)18-6-8-19(23)9-7-18/h4-11,15H,2-3,12-14H2,1H3,(H,25,26). The lowest BCUT2D eigenvalue weighted by molar-refractivity contribution is 0.236. The molecule has 3 rings (SSSR count). The average molecular weight is 378 g/mol. The number of ether oxygens (including phenoxy) is 1. The Labute approximate surface area is 164 Å². The minimum atomic E-state index is -0.245. The van der Waals surface area contributed by atoms with Crippen LogP contribution in [-0.4, -0.2) is 41.8 Å². The zero-order valence-corrected chi connectivity index (χ0v) is 15.9. The van der Waals surface area contributed by atoms with Crippen LogP contribution in [-0.2, 0) is 6.42 Å². The largest absolute Gasteiger partial charge is 0.492 e. The van der Waals surface area contributed by atoms with Crippen LogP contribution >= 0.6 is 0 Å². The second kappa shape index (κ2) is 9.67. The minimum absolute atomic E-state index is 0.245. The molecule has 144 valence electrons. The Morgan fingerprint density at radius 2 is 1.86 bits per heavy atom. The van der Waals surface area contributed by atoms with Gasteiger partial charge in [-0.25, -0.2) is 4.39 Å². The zero-order chi connectivity index (χ0) is 19.8. The number of aromatic amines is 1. The molecule has 1 aromatic heterocycles. The van der Waals surface area contributed by atoms with E-state index in [-0.39, 0.29) is 5.82 Å². The van der Waals surface area contributed by atoms with Crippen LogP contribution in [0.4, 0.5) is 4.39 Å². The maximum Gasteiger partial charge on any atom is 0.123 e. The minimum Gasteiger partial charge on any atom is -0.492 e. The van der Waals surface area contributed by atoms with Gasteiger partial charge in [0, 0.05) is 17.8 Å². The van der Waals surface area contributed by atoms with E-state index in [0.717, 1.165) is 48.6 Å². The first kappa shape index (κ1) is 19.6. The fourth-order valence-electron chi connectivity index (χ4n) is 2.85. The summed E-state index contributed by atoms with van der Waals surface area (Å²) in [5.41, 5.74) is 3.44. The molecule has 28 heavy (non-hydrogen) atoms. The molecule has 0 radical (unpaired) electrons. The number of hydrogen-bond donors (Lipinski definition) is 1. The Balaban J connectivity index is 1.36. The van der Waals surface area contributed by atoms with E-state index < -0.39 is 0 Å². The van der Waals surface area contributed by atoms with Gasteiger partial charge in [0.25, 0.3) is 0 Å². The average Bonchev–Trinajstić information content (AvgIpc) is 3.18. The molecule has 0 atom stereocenters. The smallest absolute Gasteiger partial charge is 0.123 e. The predicted octanol–water partition coefficient (Wildman–Crippen LogP) is 4.03. The quantitative estimate of drug-likeness (QED) is 0.611. The van der Waals surface area contributed by atoms with E-state index in [1.807, 2.05) is 18.2 Å². The van der Waals surface area contributed by atoms with E-state index >= 15 is 0 Å². The fraction of sp³-hybridized carbons (Fsp3) is 0.273. The highest BCUT2D eigenvalue weighted by Crippen LogP contribution is 2.18. The Hall–Kier alpha value is -3.17. The van der Waals surface area contributed by atoms with Crippen LogP contribution in [0.5, 0.6) is 5.75 Å². The molecule has 0 spiro atoms. The number of rotatable bonds is 9. The first-order valence-corrected chi connectivity index (χ1v) is 9.26. The topological polar surface area (TPSA) is 64.9 Å². The van der Waals surface area contributed by atoms with Crippen molar-refractivity contribution in [1.82, 2.24) is 15.1 Å². The molecule has 5 nitrogen and oxygen atoms in total. The van der Waals surface area contributed by atoms with Gasteiger partial charge in [-0.1, -0.05) is 0 Å². The molecule has 0 bridgehead atoms. The summed E-state index contributed by atoms with van der Waals surface area (Å²) in [7, 11) is 2.07. The molecule has 0 saturated carbocycles. The number of benzene rings is 2. The second-order valence-electron chi connectivity index (χ2n) is 6.68. The summed E-state index contributed by atoms with van der Waals surface area (Å²) in [6.45, 7) is 2.37. The third-order valence-electron chi connectivity index (χ3n) is 4.48. The number of hydrogen-bond acceptors (Lipinski definition) is 4. The molecule has 1 N–H and O–H groups in total. The highest BCUT2D eigenvalue weighted by Gasteiger charge is 2.05. The Morgan fingerprint density at radius 3 is 2.57 bits per heavy atom. The first-order chi connectivity index (χ1) is 13.6. The molecule has 3 aromatic rings. The molecule has 0 aliphatic heterocycles. The van der Waals surface area contributed by atoms with Gasteiger partial charge in [0.1, 0.15) is 18.2 Å². The lowest BCUT2D eigenvalue weighted by Gasteiger charge is -2.16. The van der Waals surface area contributed by atoms with Crippen molar-refractivity contribution in [2.45, 2.75) is 12.8 Å². The Morgan fingerprint density at radius 1 is 1.11 bits per heavy atom. The van der Waals surface area contributed by atoms with Gasteiger partial charge in [0.2, 0.25) is 0 Å². The first-order valence-electron chi connectivity index (χ1n) is 9.26. The lowest BCUT2D eigenvalue weighted by atomic mass is 10.1. The molecular weight excluding hydrogens is 355 g/mol. The number of nitriles is 1. The van der Waals surface area contributed by atoms with E-state index in [4.69, 9.17) is 10.00 Å². The maximum absolute atomic E-state index is 13.0. The molecule has 6 heteroatoms. The van der Waals surface area contributed by atoms with Crippen LogP contribution in [0.1, 0.15) is 17.7 Å². The number of H-pyrrole nitrogens is 1. The molecule has 0 amide bonds. The van der Waals surface area contributed by atoms with Crippen molar-refractivity contribution in [2.75, 3.05) is 26.7 Å². The van der Waals surface area contributed by atoms with Crippen molar-refractivity contribution in [3.05, 3.63) is 71.7 Å². The summed E-state index contributed by atoms with van der Waals surface area (Å²) in [6.07, 6.45) is 1.90. The molecule has 0 fully saturated rings. The molecule has 0 unspecified atom stereocenters. The van der Waals surface area contributed by atoms with Gasteiger partial charge in [0.15, 0.2) is 0 Å². The summed E-state index contributed by atoms with van der Waals surface area (Å²) in [5.74, 6) is 0.531. The Bertz CT molecular complexity index is 913. The van der Waals surface area contributed by atoms with Gasteiger partial charge in [-0.3, -0.25) is 5.10 Å². The summed E-state index contributed by atoms with van der Waals surface area (Å²) >= 11 is 0. The van der Waals surface area contributed by atoms with Crippen LogP contribution in [0.15, 0.2) is 54.6 Å². The summed E-state index contributed by atoms with van der Waals surface area (Å²) in [5, 5.41) is 16.2.